The highest BCUT2D eigenvalue weighted by atomic mass is 16.4. The fourth-order valence-corrected chi connectivity index (χ4v) is 5.01. The van der Waals surface area contributed by atoms with Crippen LogP contribution in [-0.4, -0.2) is 83.9 Å². The molecule has 0 aromatic rings. The zero-order valence-corrected chi connectivity index (χ0v) is 29.6. The molecule has 0 aromatic carbocycles. The minimum Gasteiger partial charge on any atom is -0.481 e. The van der Waals surface area contributed by atoms with E-state index in [1.165, 1.54) is 0 Å². The molecule has 7 N–H and O–H groups in total. The summed E-state index contributed by atoms with van der Waals surface area (Å²) in [5, 5.41) is 26.4. The Bertz CT molecular complexity index is 974. The van der Waals surface area contributed by atoms with Gasteiger partial charge in [0.1, 0.15) is 18.1 Å². The number of hydrogen-bond acceptors (Lipinski definition) is 7. The first-order valence-corrected chi connectivity index (χ1v) is 17.0. The highest BCUT2D eigenvalue weighted by molar-refractivity contribution is 5.92. The van der Waals surface area contributed by atoms with Crippen LogP contribution in [0.5, 0.6) is 0 Å². The van der Waals surface area contributed by atoms with Crippen molar-refractivity contribution >= 4 is 35.5 Å². The standard InChI is InChI=1S/C33H62N6O7/c1-10-15-25(37-33(46)29(22(9)11-2)38-26(40)16-14-17-27(41)42)31(44)36-23(18-20(5)6)19-35-24(12-3)30(43)39-28(21(7)8)32(45)34-13-4/h20-25,28-29,35H,10-19H2,1-9H3,(H,34,45)(H,36,44)(H,37,46)(H,38,40)(H,39,43)(H,41,42)/t22-,23?,24-,25-,28-,29-/m0/s1. The molecule has 0 heterocycles. The summed E-state index contributed by atoms with van der Waals surface area (Å²) < 4.78 is 0. The Labute approximate surface area is 275 Å². The number of carboxylic acid groups (broad SMARTS) is 1. The fraction of sp³-hybridized carbons (Fsp3) is 0.818. The number of carboxylic acids is 1. The lowest BCUT2D eigenvalue weighted by molar-refractivity contribution is -0.137. The molecule has 0 radical (unpaired) electrons. The number of carbonyl (C=O) groups is 6. The summed E-state index contributed by atoms with van der Waals surface area (Å²) in [5.74, 6) is -2.84. The quantitative estimate of drug-likeness (QED) is 0.0823. The van der Waals surface area contributed by atoms with Crippen molar-refractivity contribution < 1.29 is 33.9 Å². The van der Waals surface area contributed by atoms with E-state index in [0.717, 1.165) is 0 Å². The summed E-state index contributed by atoms with van der Waals surface area (Å²) in [4.78, 5) is 75.8. The van der Waals surface area contributed by atoms with Crippen molar-refractivity contribution in [2.45, 2.75) is 144 Å². The fourth-order valence-electron chi connectivity index (χ4n) is 5.01. The molecule has 5 amide bonds. The highest BCUT2D eigenvalue weighted by Gasteiger charge is 2.31. The van der Waals surface area contributed by atoms with Gasteiger partial charge in [-0.15, -0.1) is 0 Å². The largest absolute Gasteiger partial charge is 0.481 e. The van der Waals surface area contributed by atoms with Gasteiger partial charge in [-0.25, -0.2) is 0 Å². The van der Waals surface area contributed by atoms with Crippen LogP contribution in [0.25, 0.3) is 0 Å². The summed E-state index contributed by atoms with van der Waals surface area (Å²) in [6, 6.07) is -3.29. The van der Waals surface area contributed by atoms with Gasteiger partial charge in [-0.3, -0.25) is 28.8 Å². The molecule has 13 heteroatoms. The summed E-state index contributed by atoms with van der Waals surface area (Å²) in [5.41, 5.74) is 0. The van der Waals surface area contributed by atoms with E-state index in [2.05, 4.69) is 31.9 Å². The molecule has 0 spiro atoms. The zero-order valence-electron chi connectivity index (χ0n) is 29.6. The lowest BCUT2D eigenvalue weighted by Gasteiger charge is -2.29. The third kappa shape index (κ3) is 16.9. The molecule has 0 saturated carbocycles. The molecule has 0 aromatic heterocycles. The van der Waals surface area contributed by atoms with Gasteiger partial charge in [-0.2, -0.15) is 0 Å². The predicted octanol–water partition coefficient (Wildman–Crippen LogP) is 2.23. The van der Waals surface area contributed by atoms with Gasteiger partial charge in [0.05, 0.1) is 6.04 Å². The molecule has 1 unspecified atom stereocenters. The molecule has 46 heavy (non-hydrogen) atoms. The normalized spacial score (nSPS) is 15.2. The summed E-state index contributed by atoms with van der Waals surface area (Å²) in [6.07, 6.45) is 2.72. The first-order valence-electron chi connectivity index (χ1n) is 17.0. The van der Waals surface area contributed by atoms with Crippen LogP contribution in [0.15, 0.2) is 0 Å². The maximum absolute atomic E-state index is 13.5. The molecule has 0 aliphatic carbocycles. The average Bonchev–Trinajstić information content (AvgIpc) is 2.97. The molecule has 0 aliphatic rings. The van der Waals surface area contributed by atoms with E-state index in [-0.39, 0.29) is 60.8 Å². The molecule has 13 nitrogen and oxygen atoms in total. The zero-order chi connectivity index (χ0) is 35.4. The first kappa shape index (κ1) is 42.8. The number of carbonyl (C=O) groups excluding carboxylic acids is 5. The van der Waals surface area contributed by atoms with Crippen LogP contribution in [0.1, 0.15) is 114 Å². The van der Waals surface area contributed by atoms with E-state index in [0.29, 0.717) is 45.2 Å². The van der Waals surface area contributed by atoms with Gasteiger partial charge in [0.15, 0.2) is 0 Å². The number of amides is 5. The summed E-state index contributed by atoms with van der Waals surface area (Å²) >= 11 is 0. The molecule has 0 fully saturated rings. The van der Waals surface area contributed by atoms with E-state index in [1.54, 1.807) is 0 Å². The number of rotatable bonds is 24. The topological polar surface area (TPSA) is 195 Å². The molecule has 266 valence electrons. The second-order valence-corrected chi connectivity index (χ2v) is 12.9. The van der Waals surface area contributed by atoms with Gasteiger partial charge >= 0.3 is 5.97 Å². The van der Waals surface area contributed by atoms with E-state index < -0.39 is 42.0 Å². The number of likely N-dealkylation sites (N-methyl/N-ethyl adjacent to an activating group) is 1. The van der Waals surface area contributed by atoms with Crippen LogP contribution in [-0.2, 0) is 28.8 Å². The first-order chi connectivity index (χ1) is 21.6. The van der Waals surface area contributed by atoms with Gasteiger partial charge < -0.3 is 37.0 Å². The van der Waals surface area contributed by atoms with Gasteiger partial charge in [0.25, 0.3) is 0 Å². The molecule has 0 saturated heterocycles. The van der Waals surface area contributed by atoms with Crippen molar-refractivity contribution in [3.63, 3.8) is 0 Å². The minimum absolute atomic E-state index is 0.0177. The van der Waals surface area contributed by atoms with E-state index in [9.17, 15) is 28.8 Å². The Morgan fingerprint density at radius 3 is 1.80 bits per heavy atom. The van der Waals surface area contributed by atoms with Crippen molar-refractivity contribution in [1.82, 2.24) is 31.9 Å². The molecule has 0 rings (SSSR count). The monoisotopic (exact) mass is 654 g/mol. The summed E-state index contributed by atoms with van der Waals surface area (Å²) in [6.45, 7) is 17.9. The van der Waals surface area contributed by atoms with Gasteiger partial charge in [-0.05, 0) is 50.4 Å². The van der Waals surface area contributed by atoms with E-state index >= 15 is 0 Å². The maximum atomic E-state index is 13.5. The Hall–Kier alpha value is -3.22. The molecule has 0 bridgehead atoms. The molecular weight excluding hydrogens is 592 g/mol. The van der Waals surface area contributed by atoms with Crippen LogP contribution >= 0.6 is 0 Å². The van der Waals surface area contributed by atoms with Crippen LogP contribution < -0.4 is 31.9 Å². The van der Waals surface area contributed by atoms with Crippen molar-refractivity contribution in [3.05, 3.63) is 0 Å². The number of aliphatic carboxylic acids is 1. The van der Waals surface area contributed by atoms with Crippen LogP contribution in [0.2, 0.25) is 0 Å². The lowest BCUT2D eigenvalue weighted by atomic mass is 9.97. The van der Waals surface area contributed by atoms with E-state index in [4.69, 9.17) is 5.11 Å². The SMILES string of the molecule is CCC[C@H](NC(=O)[C@@H](NC(=O)CCCC(=O)O)[C@@H](C)CC)C(=O)NC(CN[C@@H](CC)C(=O)N[C@H](C(=O)NCC)C(C)C)CC(C)C. The second kappa shape index (κ2) is 23.2. The predicted molar refractivity (Wildman–Crippen MR) is 179 cm³/mol. The van der Waals surface area contributed by atoms with Crippen molar-refractivity contribution in [3.8, 4) is 0 Å². The highest BCUT2D eigenvalue weighted by Crippen LogP contribution is 2.12. The van der Waals surface area contributed by atoms with Gasteiger partial charge in [0, 0.05) is 32.0 Å². The Kier molecular flexibility index (Phi) is 21.5. The molecular formula is C33H62N6O7. The van der Waals surface area contributed by atoms with Gasteiger partial charge in [0.2, 0.25) is 29.5 Å². The average molecular weight is 655 g/mol. The molecule has 0 aliphatic heterocycles. The van der Waals surface area contributed by atoms with Crippen LogP contribution in [0.4, 0.5) is 0 Å². The van der Waals surface area contributed by atoms with Crippen LogP contribution in [0, 0.1) is 17.8 Å². The molecule has 6 atom stereocenters. The van der Waals surface area contributed by atoms with Crippen molar-refractivity contribution in [1.29, 1.82) is 0 Å². The Balaban J connectivity index is 5.62. The third-order valence-electron chi connectivity index (χ3n) is 7.85. The maximum Gasteiger partial charge on any atom is 0.303 e. The number of hydrogen-bond donors (Lipinski definition) is 7. The smallest absolute Gasteiger partial charge is 0.303 e. The van der Waals surface area contributed by atoms with Crippen molar-refractivity contribution in [2.75, 3.05) is 13.1 Å². The number of nitrogens with one attached hydrogen (secondary N) is 6. The summed E-state index contributed by atoms with van der Waals surface area (Å²) in [7, 11) is 0. The Morgan fingerprint density at radius 2 is 1.30 bits per heavy atom. The van der Waals surface area contributed by atoms with Gasteiger partial charge in [-0.1, -0.05) is 68.2 Å². The third-order valence-corrected chi connectivity index (χ3v) is 7.85. The second-order valence-electron chi connectivity index (χ2n) is 12.9. The van der Waals surface area contributed by atoms with Crippen molar-refractivity contribution in [2.24, 2.45) is 17.8 Å². The van der Waals surface area contributed by atoms with E-state index in [1.807, 2.05) is 62.3 Å². The van der Waals surface area contributed by atoms with Crippen LogP contribution in [0.3, 0.4) is 0 Å². The minimum atomic E-state index is -0.992. The Morgan fingerprint density at radius 1 is 0.674 bits per heavy atom. The lowest BCUT2D eigenvalue weighted by Crippen LogP contribution is -2.58.